The lowest BCUT2D eigenvalue weighted by Crippen LogP contribution is -2.43. The Morgan fingerprint density at radius 2 is 1.97 bits per heavy atom. The minimum Gasteiger partial charge on any atom is -0.365 e. The molecule has 5 rings (SSSR count). The summed E-state index contributed by atoms with van der Waals surface area (Å²) in [7, 11) is 0. The number of carbonyl (C=O) groups is 2. The highest BCUT2D eigenvalue weighted by Gasteiger charge is 2.33. The van der Waals surface area contributed by atoms with Crippen LogP contribution in [0.3, 0.4) is 0 Å². The van der Waals surface area contributed by atoms with Gasteiger partial charge in [0, 0.05) is 23.9 Å². The fourth-order valence-electron chi connectivity index (χ4n) is 4.28. The van der Waals surface area contributed by atoms with E-state index in [-0.39, 0.29) is 36.3 Å². The van der Waals surface area contributed by atoms with E-state index in [1.807, 2.05) is 17.5 Å². The van der Waals surface area contributed by atoms with Crippen LogP contribution in [0, 0.1) is 11.7 Å². The molecule has 33 heavy (non-hydrogen) atoms. The molecule has 1 fully saturated rings. The third kappa shape index (κ3) is 4.67. The van der Waals surface area contributed by atoms with Gasteiger partial charge >= 0.3 is 0 Å². The number of nitrogens with one attached hydrogen (secondary N) is 1. The Morgan fingerprint density at radius 1 is 1.18 bits per heavy atom. The van der Waals surface area contributed by atoms with E-state index in [4.69, 9.17) is 4.74 Å². The van der Waals surface area contributed by atoms with Gasteiger partial charge in [-0.25, -0.2) is 9.07 Å². The Kier molecular flexibility index (Phi) is 6.19. The number of likely N-dealkylation sites (tertiary alicyclic amines) is 1. The van der Waals surface area contributed by atoms with Gasteiger partial charge in [-0.15, -0.1) is 16.4 Å². The highest BCUT2D eigenvalue weighted by molar-refractivity contribution is 7.09. The molecule has 1 saturated heterocycles. The highest BCUT2D eigenvalue weighted by atomic mass is 32.1. The minimum absolute atomic E-state index is 0.0387. The van der Waals surface area contributed by atoms with Gasteiger partial charge in [-0.3, -0.25) is 9.59 Å². The number of fused-ring (bicyclic) bond motifs is 1. The van der Waals surface area contributed by atoms with Crippen LogP contribution in [0.1, 0.15) is 45.6 Å². The summed E-state index contributed by atoms with van der Waals surface area (Å²) < 4.78 is 20.8. The van der Waals surface area contributed by atoms with Gasteiger partial charge in [0.2, 0.25) is 5.91 Å². The molecule has 2 aliphatic heterocycles. The number of nitrogens with zero attached hydrogens (tertiary/aromatic N) is 4. The lowest BCUT2D eigenvalue weighted by Gasteiger charge is -2.31. The molecule has 0 bridgehead atoms. The normalized spacial score (nSPS) is 18.7. The zero-order valence-corrected chi connectivity index (χ0v) is 18.8. The summed E-state index contributed by atoms with van der Waals surface area (Å²) in [6.45, 7) is 2.16. The Labute approximate surface area is 194 Å². The first-order chi connectivity index (χ1) is 16.1. The van der Waals surface area contributed by atoms with Crippen molar-refractivity contribution in [2.75, 3.05) is 13.1 Å². The van der Waals surface area contributed by atoms with Crippen LogP contribution in [0.5, 0.6) is 0 Å². The predicted octanol–water partition coefficient (Wildman–Crippen LogP) is 2.92. The van der Waals surface area contributed by atoms with Crippen LogP contribution in [0.2, 0.25) is 0 Å². The molecule has 4 heterocycles. The number of thiophene rings is 1. The van der Waals surface area contributed by atoms with Crippen LogP contribution in [0.25, 0.3) is 0 Å². The van der Waals surface area contributed by atoms with E-state index in [1.165, 1.54) is 12.1 Å². The van der Waals surface area contributed by atoms with E-state index in [0.29, 0.717) is 50.4 Å². The first-order valence-electron chi connectivity index (χ1n) is 11.0. The molecule has 1 atom stereocenters. The summed E-state index contributed by atoms with van der Waals surface area (Å²) in [5.74, 6) is -0.537. The number of hydrogen-bond donors (Lipinski definition) is 1. The standard InChI is InChI=1S/C23H24FN5O3S/c24-17-5-3-15(4-6-17)20-13-29-19(14-32-20)21(26-27-29)23(31)28-9-7-16(8-10-28)22(30)25-12-18-2-1-11-33-18/h1-6,11,16,20H,7-10,12-14H2,(H,25,30)/t20-/m1/s1. The maximum atomic E-state index is 13.2. The van der Waals surface area contributed by atoms with E-state index < -0.39 is 0 Å². The number of carbonyl (C=O) groups excluding carboxylic acids is 2. The maximum Gasteiger partial charge on any atom is 0.276 e. The number of amides is 2. The number of benzene rings is 1. The summed E-state index contributed by atoms with van der Waals surface area (Å²) in [5, 5.41) is 13.3. The van der Waals surface area contributed by atoms with Crippen LogP contribution in [0.4, 0.5) is 4.39 Å². The van der Waals surface area contributed by atoms with E-state index in [0.717, 1.165) is 10.4 Å². The lowest BCUT2D eigenvalue weighted by atomic mass is 9.95. The minimum atomic E-state index is -0.298. The molecule has 0 unspecified atom stereocenters. The molecule has 0 saturated carbocycles. The summed E-state index contributed by atoms with van der Waals surface area (Å²) >= 11 is 1.62. The van der Waals surface area contributed by atoms with E-state index in [1.54, 1.807) is 33.1 Å². The fraction of sp³-hybridized carbons (Fsp3) is 0.391. The van der Waals surface area contributed by atoms with E-state index >= 15 is 0 Å². The van der Waals surface area contributed by atoms with Crippen LogP contribution in [0.15, 0.2) is 41.8 Å². The van der Waals surface area contributed by atoms with Crippen LogP contribution >= 0.6 is 11.3 Å². The summed E-state index contributed by atoms with van der Waals surface area (Å²) in [4.78, 5) is 28.4. The summed E-state index contributed by atoms with van der Waals surface area (Å²) in [6, 6.07) is 10.1. The first-order valence-corrected chi connectivity index (χ1v) is 11.9. The molecule has 172 valence electrons. The number of halogens is 1. The van der Waals surface area contributed by atoms with Gasteiger partial charge in [0.15, 0.2) is 5.69 Å². The SMILES string of the molecule is O=C(NCc1cccs1)C1CCN(C(=O)c2nnn3c2CO[C@@H](c2ccc(F)cc2)C3)CC1. The number of rotatable bonds is 5. The second-order valence-corrected chi connectivity index (χ2v) is 9.31. The molecule has 3 aromatic rings. The molecular formula is C23H24FN5O3S. The molecule has 1 aromatic carbocycles. The van der Waals surface area contributed by atoms with Gasteiger partial charge in [-0.2, -0.15) is 0 Å². The van der Waals surface area contributed by atoms with Crippen molar-refractivity contribution in [2.45, 2.75) is 38.6 Å². The Morgan fingerprint density at radius 3 is 2.70 bits per heavy atom. The predicted molar refractivity (Wildman–Crippen MR) is 119 cm³/mol. The monoisotopic (exact) mass is 469 g/mol. The van der Waals surface area contributed by atoms with Crippen molar-refractivity contribution in [3.8, 4) is 0 Å². The summed E-state index contributed by atoms with van der Waals surface area (Å²) in [6.07, 6.45) is 0.967. The van der Waals surface area contributed by atoms with Crippen molar-refractivity contribution in [3.63, 3.8) is 0 Å². The van der Waals surface area contributed by atoms with Gasteiger partial charge in [0.25, 0.3) is 5.91 Å². The van der Waals surface area contributed by atoms with E-state index in [2.05, 4.69) is 15.6 Å². The molecule has 8 nitrogen and oxygen atoms in total. The van der Waals surface area contributed by atoms with E-state index in [9.17, 15) is 14.0 Å². The van der Waals surface area contributed by atoms with Crippen molar-refractivity contribution >= 4 is 23.2 Å². The van der Waals surface area contributed by atoms with Crippen molar-refractivity contribution in [3.05, 3.63) is 69.4 Å². The molecular weight excluding hydrogens is 445 g/mol. The summed E-state index contributed by atoms with van der Waals surface area (Å²) in [5.41, 5.74) is 1.80. The van der Waals surface area contributed by atoms with Gasteiger partial charge in [-0.1, -0.05) is 23.4 Å². The smallest absolute Gasteiger partial charge is 0.276 e. The van der Waals surface area contributed by atoms with Crippen LogP contribution in [-0.2, 0) is 29.2 Å². The Balaban J connectivity index is 1.17. The molecule has 0 spiro atoms. The number of aromatic nitrogens is 3. The second kappa shape index (κ2) is 9.40. The number of ether oxygens (including phenoxy) is 1. The molecule has 0 aliphatic carbocycles. The molecule has 1 N–H and O–H groups in total. The quantitative estimate of drug-likeness (QED) is 0.621. The third-order valence-electron chi connectivity index (χ3n) is 6.21. The average Bonchev–Trinajstić information content (AvgIpc) is 3.52. The fourth-order valence-corrected chi connectivity index (χ4v) is 4.93. The second-order valence-electron chi connectivity index (χ2n) is 8.28. The number of piperidine rings is 1. The molecule has 2 amide bonds. The van der Waals surface area contributed by atoms with Crippen LogP contribution in [-0.4, -0.2) is 44.8 Å². The molecule has 2 aromatic heterocycles. The van der Waals surface area contributed by atoms with Crippen molar-refractivity contribution in [1.29, 1.82) is 0 Å². The molecule has 10 heteroatoms. The zero-order chi connectivity index (χ0) is 22.8. The Bertz CT molecular complexity index is 1120. The van der Waals surface area contributed by atoms with Gasteiger partial charge < -0.3 is 15.0 Å². The van der Waals surface area contributed by atoms with Crippen molar-refractivity contribution in [2.24, 2.45) is 5.92 Å². The topological polar surface area (TPSA) is 89.4 Å². The third-order valence-corrected chi connectivity index (χ3v) is 7.09. The zero-order valence-electron chi connectivity index (χ0n) is 17.9. The highest BCUT2D eigenvalue weighted by Crippen LogP contribution is 2.28. The van der Waals surface area contributed by atoms with Gasteiger partial charge in [0.1, 0.15) is 11.9 Å². The average molecular weight is 470 g/mol. The van der Waals surface area contributed by atoms with Crippen molar-refractivity contribution < 1.29 is 18.7 Å². The van der Waals surface area contributed by atoms with Crippen LogP contribution < -0.4 is 5.32 Å². The number of hydrogen-bond acceptors (Lipinski definition) is 6. The maximum absolute atomic E-state index is 13.2. The Hall–Kier alpha value is -3.11. The van der Waals surface area contributed by atoms with Gasteiger partial charge in [0.05, 0.1) is 25.4 Å². The lowest BCUT2D eigenvalue weighted by molar-refractivity contribution is -0.126. The van der Waals surface area contributed by atoms with Crippen molar-refractivity contribution in [1.82, 2.24) is 25.2 Å². The largest absolute Gasteiger partial charge is 0.365 e. The van der Waals surface area contributed by atoms with Gasteiger partial charge in [-0.05, 0) is 42.0 Å². The molecule has 0 radical (unpaired) electrons. The molecule has 2 aliphatic rings. The first kappa shape index (κ1) is 21.7.